The Morgan fingerprint density at radius 3 is 2.13 bits per heavy atom. The van der Waals surface area contributed by atoms with Crippen molar-refractivity contribution in [2.45, 2.75) is 12.8 Å². The zero-order valence-corrected chi connectivity index (χ0v) is 8.65. The van der Waals surface area contributed by atoms with Crippen molar-refractivity contribution < 1.29 is 19.8 Å². The van der Waals surface area contributed by atoms with Crippen molar-refractivity contribution in [2.24, 2.45) is 4.99 Å². The van der Waals surface area contributed by atoms with Crippen LogP contribution < -0.4 is 5.32 Å². The second-order valence-electron chi connectivity index (χ2n) is 2.78. The fourth-order valence-electron chi connectivity index (χ4n) is 0.925. The molecule has 0 saturated carbocycles. The van der Waals surface area contributed by atoms with Crippen LogP contribution in [0.2, 0.25) is 0 Å². The molecular weight excluding hydrogens is 200 g/mol. The van der Waals surface area contributed by atoms with Crippen molar-refractivity contribution in [3.05, 3.63) is 11.8 Å². The van der Waals surface area contributed by atoms with Crippen molar-refractivity contribution in [3.8, 4) is 0 Å². The second-order valence-corrected chi connectivity index (χ2v) is 2.78. The Hall–Kier alpha value is -1.85. The standard InChI is InChI=1S/C9H14N2O4/c1-10-6(4-8(12)13)3-7(11-2)5-9(14)15/h3,10H,4-5H2,1-2H3,(H,12,13)(H,14,15)/b6-3-,11-7-. The fourth-order valence-corrected chi connectivity index (χ4v) is 0.925. The van der Waals surface area contributed by atoms with Crippen LogP contribution in [0.15, 0.2) is 16.8 Å². The highest BCUT2D eigenvalue weighted by atomic mass is 16.4. The van der Waals surface area contributed by atoms with E-state index >= 15 is 0 Å². The van der Waals surface area contributed by atoms with E-state index in [1.54, 1.807) is 7.05 Å². The number of aliphatic carboxylic acids is 2. The maximum atomic E-state index is 10.4. The zero-order chi connectivity index (χ0) is 11.8. The van der Waals surface area contributed by atoms with E-state index in [2.05, 4.69) is 10.3 Å². The van der Waals surface area contributed by atoms with Crippen LogP contribution in [0.25, 0.3) is 0 Å². The molecule has 0 saturated heterocycles. The molecule has 0 aliphatic rings. The first-order chi connectivity index (χ1) is 6.99. The molecule has 0 amide bonds. The Morgan fingerprint density at radius 1 is 1.27 bits per heavy atom. The highest BCUT2D eigenvalue weighted by Gasteiger charge is 2.06. The van der Waals surface area contributed by atoms with E-state index in [0.29, 0.717) is 11.4 Å². The number of hydrogen-bond donors (Lipinski definition) is 3. The molecule has 3 N–H and O–H groups in total. The molecule has 0 aromatic carbocycles. The molecule has 6 heteroatoms. The Balaban J connectivity index is 4.63. The molecule has 0 bridgehead atoms. The molecule has 15 heavy (non-hydrogen) atoms. The Morgan fingerprint density at radius 2 is 1.80 bits per heavy atom. The van der Waals surface area contributed by atoms with Gasteiger partial charge < -0.3 is 15.5 Å². The summed E-state index contributed by atoms with van der Waals surface area (Å²) < 4.78 is 0. The van der Waals surface area contributed by atoms with Crippen molar-refractivity contribution in [1.82, 2.24) is 5.32 Å². The van der Waals surface area contributed by atoms with Gasteiger partial charge in [0.05, 0.1) is 12.8 Å². The zero-order valence-electron chi connectivity index (χ0n) is 8.65. The number of rotatable bonds is 6. The van der Waals surface area contributed by atoms with Gasteiger partial charge in [0, 0.05) is 25.5 Å². The lowest BCUT2D eigenvalue weighted by molar-refractivity contribution is -0.136. The summed E-state index contributed by atoms with van der Waals surface area (Å²) in [7, 11) is 3.03. The van der Waals surface area contributed by atoms with Gasteiger partial charge in [0.25, 0.3) is 0 Å². The monoisotopic (exact) mass is 214 g/mol. The van der Waals surface area contributed by atoms with E-state index in [9.17, 15) is 9.59 Å². The summed E-state index contributed by atoms with van der Waals surface area (Å²) in [5.41, 5.74) is 0.748. The molecule has 0 fully saturated rings. The van der Waals surface area contributed by atoms with Gasteiger partial charge in [0.15, 0.2) is 0 Å². The van der Waals surface area contributed by atoms with Gasteiger partial charge in [-0.25, -0.2) is 0 Å². The molecule has 0 rings (SSSR count). The summed E-state index contributed by atoms with van der Waals surface area (Å²) in [6, 6.07) is 0. The normalized spacial score (nSPS) is 12.4. The molecule has 0 atom stereocenters. The SMILES string of the molecule is C/N=C(/C=C(/CC(=O)O)NC)CC(=O)O. The minimum atomic E-state index is -1.00. The number of aliphatic imine (C=N–C) groups is 1. The smallest absolute Gasteiger partial charge is 0.309 e. The van der Waals surface area contributed by atoms with Crippen molar-refractivity contribution in [2.75, 3.05) is 14.1 Å². The Bertz CT molecular complexity index is 307. The van der Waals surface area contributed by atoms with Gasteiger partial charge in [-0.15, -0.1) is 0 Å². The summed E-state index contributed by atoms with van der Waals surface area (Å²) in [6.07, 6.45) is 1.03. The van der Waals surface area contributed by atoms with Crippen LogP contribution >= 0.6 is 0 Å². The quantitative estimate of drug-likeness (QED) is 0.545. The molecule has 84 valence electrons. The predicted molar refractivity (Wildman–Crippen MR) is 55.0 cm³/mol. The van der Waals surface area contributed by atoms with Crippen LogP contribution in [0.3, 0.4) is 0 Å². The van der Waals surface area contributed by atoms with E-state index in [1.165, 1.54) is 13.1 Å². The number of nitrogens with zero attached hydrogens (tertiary/aromatic N) is 1. The van der Waals surface area contributed by atoms with Crippen LogP contribution in [0, 0.1) is 0 Å². The van der Waals surface area contributed by atoms with Crippen LogP contribution in [0.5, 0.6) is 0 Å². The lowest BCUT2D eigenvalue weighted by Crippen LogP contribution is -2.14. The average Bonchev–Trinajstić information content (AvgIpc) is 2.14. The molecule has 0 aliphatic carbocycles. The van der Waals surface area contributed by atoms with Crippen LogP contribution in [-0.4, -0.2) is 42.0 Å². The summed E-state index contributed by atoms with van der Waals surface area (Å²) in [5.74, 6) is -1.99. The lowest BCUT2D eigenvalue weighted by atomic mass is 10.2. The molecule has 0 heterocycles. The number of allylic oxidation sites excluding steroid dienone is 1. The van der Waals surface area contributed by atoms with Gasteiger partial charge in [0.1, 0.15) is 0 Å². The van der Waals surface area contributed by atoms with E-state index in [1.807, 2.05) is 0 Å². The van der Waals surface area contributed by atoms with Crippen LogP contribution in [-0.2, 0) is 9.59 Å². The third-order valence-corrected chi connectivity index (χ3v) is 1.62. The molecule has 0 aromatic rings. The van der Waals surface area contributed by atoms with Crippen LogP contribution in [0.4, 0.5) is 0 Å². The molecular formula is C9H14N2O4. The van der Waals surface area contributed by atoms with E-state index in [4.69, 9.17) is 10.2 Å². The first kappa shape index (κ1) is 13.2. The maximum Gasteiger partial charge on any atom is 0.309 e. The van der Waals surface area contributed by atoms with Gasteiger partial charge in [-0.05, 0) is 6.08 Å². The number of hydrogen-bond acceptors (Lipinski definition) is 4. The fraction of sp³-hybridized carbons (Fsp3) is 0.444. The van der Waals surface area contributed by atoms with Crippen molar-refractivity contribution >= 4 is 17.7 Å². The van der Waals surface area contributed by atoms with E-state index in [-0.39, 0.29) is 12.8 Å². The topological polar surface area (TPSA) is 99.0 Å². The highest BCUT2D eigenvalue weighted by molar-refractivity contribution is 6.05. The maximum absolute atomic E-state index is 10.4. The van der Waals surface area contributed by atoms with E-state index in [0.717, 1.165) is 0 Å². The minimum Gasteiger partial charge on any atom is -0.481 e. The van der Waals surface area contributed by atoms with Crippen molar-refractivity contribution in [1.29, 1.82) is 0 Å². The largest absolute Gasteiger partial charge is 0.481 e. The number of carboxylic acids is 2. The number of carbonyl (C=O) groups is 2. The average molecular weight is 214 g/mol. The van der Waals surface area contributed by atoms with Gasteiger partial charge >= 0.3 is 11.9 Å². The van der Waals surface area contributed by atoms with Gasteiger partial charge in [0.2, 0.25) is 0 Å². The minimum absolute atomic E-state index is 0.185. The first-order valence-corrected chi connectivity index (χ1v) is 4.27. The summed E-state index contributed by atoms with van der Waals surface area (Å²) in [5, 5.41) is 19.8. The summed E-state index contributed by atoms with van der Waals surface area (Å²) in [4.78, 5) is 24.6. The van der Waals surface area contributed by atoms with Gasteiger partial charge in [-0.1, -0.05) is 0 Å². The Kier molecular flexibility index (Phi) is 5.77. The molecule has 0 radical (unpaired) electrons. The predicted octanol–water partition coefficient (Wildman–Crippen LogP) is 0.110. The summed E-state index contributed by atoms with van der Waals surface area (Å²) >= 11 is 0. The number of nitrogens with one attached hydrogen (secondary N) is 1. The van der Waals surface area contributed by atoms with Gasteiger partial charge in [-0.2, -0.15) is 0 Å². The molecule has 0 aromatic heterocycles. The van der Waals surface area contributed by atoms with Crippen molar-refractivity contribution in [3.63, 3.8) is 0 Å². The molecule has 0 aliphatic heterocycles. The van der Waals surface area contributed by atoms with Crippen LogP contribution in [0.1, 0.15) is 12.8 Å². The summed E-state index contributed by atoms with van der Waals surface area (Å²) in [6.45, 7) is 0. The van der Waals surface area contributed by atoms with E-state index < -0.39 is 11.9 Å². The molecule has 0 unspecified atom stereocenters. The second kappa shape index (κ2) is 6.58. The lowest BCUT2D eigenvalue weighted by Gasteiger charge is -2.04. The first-order valence-electron chi connectivity index (χ1n) is 4.27. The third-order valence-electron chi connectivity index (χ3n) is 1.62. The molecule has 0 spiro atoms. The molecule has 6 nitrogen and oxygen atoms in total. The highest BCUT2D eigenvalue weighted by Crippen LogP contribution is 1.99. The number of carboxylic acid groups (broad SMARTS) is 2. The Labute approximate surface area is 87.3 Å². The van der Waals surface area contributed by atoms with Gasteiger partial charge in [-0.3, -0.25) is 14.6 Å². The third kappa shape index (κ3) is 6.25.